The molecule has 1 aliphatic carbocycles. The maximum atomic E-state index is 11.9. The standard InChI is InChI=1S/C25H46O2/c1-23(2,3)25(6,7)16-13-11-9-8-10-12-14-18-27-20-21-19-24(4,5)17-15-22(21)26/h20H,8-19H2,1-7H3/b21-20+. The van der Waals surface area contributed by atoms with E-state index in [1.165, 1.54) is 44.9 Å². The van der Waals surface area contributed by atoms with Gasteiger partial charge < -0.3 is 4.74 Å². The molecule has 0 atom stereocenters. The van der Waals surface area contributed by atoms with Crippen LogP contribution < -0.4 is 0 Å². The lowest BCUT2D eigenvalue weighted by molar-refractivity contribution is -0.117. The summed E-state index contributed by atoms with van der Waals surface area (Å²) < 4.78 is 5.67. The molecule has 27 heavy (non-hydrogen) atoms. The van der Waals surface area contributed by atoms with E-state index in [0.717, 1.165) is 31.4 Å². The fourth-order valence-corrected chi connectivity index (χ4v) is 3.59. The number of carbonyl (C=O) groups is 1. The van der Waals surface area contributed by atoms with E-state index in [9.17, 15) is 4.79 Å². The van der Waals surface area contributed by atoms with Crippen LogP contribution in [0.25, 0.3) is 0 Å². The lowest BCUT2D eigenvalue weighted by atomic mass is 9.67. The topological polar surface area (TPSA) is 26.3 Å². The van der Waals surface area contributed by atoms with Crippen LogP contribution in [0, 0.1) is 16.2 Å². The second kappa shape index (κ2) is 10.7. The lowest BCUT2D eigenvalue weighted by Gasteiger charge is -2.39. The zero-order valence-electron chi connectivity index (χ0n) is 19.4. The van der Waals surface area contributed by atoms with Crippen molar-refractivity contribution >= 4 is 5.78 Å². The molecule has 0 heterocycles. The number of Topliss-reactive ketones (excluding diaryl/α,β-unsaturated/α-hetero) is 1. The highest BCUT2D eigenvalue weighted by molar-refractivity contribution is 5.95. The number of carbonyl (C=O) groups excluding carboxylic acids is 1. The molecule has 0 aromatic heterocycles. The summed E-state index contributed by atoms with van der Waals surface area (Å²) in [6.07, 6.45) is 14.6. The monoisotopic (exact) mass is 378 g/mol. The van der Waals surface area contributed by atoms with Crippen LogP contribution >= 0.6 is 0 Å². The minimum Gasteiger partial charge on any atom is -0.501 e. The number of ether oxygens (including phenoxy) is 1. The summed E-state index contributed by atoms with van der Waals surface area (Å²) in [5.41, 5.74) is 1.95. The minimum atomic E-state index is 0.241. The fraction of sp³-hybridized carbons (Fsp3) is 0.880. The number of allylic oxidation sites excluding steroid dienone is 1. The Hall–Kier alpha value is -0.790. The van der Waals surface area contributed by atoms with Gasteiger partial charge in [0.05, 0.1) is 12.9 Å². The van der Waals surface area contributed by atoms with Crippen molar-refractivity contribution in [3.63, 3.8) is 0 Å². The summed E-state index contributed by atoms with van der Waals surface area (Å²) in [7, 11) is 0. The molecule has 0 N–H and O–H groups in total. The first kappa shape index (κ1) is 24.2. The molecular weight excluding hydrogens is 332 g/mol. The highest BCUT2D eigenvalue weighted by atomic mass is 16.5. The smallest absolute Gasteiger partial charge is 0.161 e. The van der Waals surface area contributed by atoms with Crippen LogP contribution in [-0.4, -0.2) is 12.4 Å². The van der Waals surface area contributed by atoms with E-state index in [1.807, 2.05) is 0 Å². The van der Waals surface area contributed by atoms with E-state index in [2.05, 4.69) is 48.5 Å². The molecule has 1 aliphatic rings. The molecule has 2 nitrogen and oxygen atoms in total. The SMILES string of the molecule is CC1(C)CCC(=O)/C(=C/OCCCCCCCCCC(C)(C)C(C)(C)C)C1. The molecule has 0 amide bonds. The number of hydrogen-bond donors (Lipinski definition) is 0. The van der Waals surface area contributed by atoms with E-state index >= 15 is 0 Å². The number of hydrogen-bond acceptors (Lipinski definition) is 2. The fourth-order valence-electron chi connectivity index (χ4n) is 3.59. The molecule has 2 heteroatoms. The molecule has 1 fully saturated rings. The summed E-state index contributed by atoms with van der Waals surface area (Å²) >= 11 is 0. The molecule has 0 unspecified atom stereocenters. The normalized spacial score (nSPS) is 19.5. The van der Waals surface area contributed by atoms with Gasteiger partial charge in [-0.25, -0.2) is 0 Å². The summed E-state index contributed by atoms with van der Waals surface area (Å²) in [4.78, 5) is 11.9. The summed E-state index contributed by atoms with van der Waals surface area (Å²) in [5, 5.41) is 0. The molecule has 0 bridgehead atoms. The van der Waals surface area contributed by atoms with E-state index in [4.69, 9.17) is 4.74 Å². The van der Waals surface area contributed by atoms with Crippen molar-refractivity contribution in [3.8, 4) is 0 Å². The summed E-state index contributed by atoms with van der Waals surface area (Å²) in [6.45, 7) is 17.1. The third-order valence-electron chi connectivity index (χ3n) is 6.88. The van der Waals surface area contributed by atoms with Gasteiger partial charge in [-0.1, -0.05) is 87.0 Å². The van der Waals surface area contributed by atoms with E-state index in [1.54, 1.807) is 6.26 Å². The maximum Gasteiger partial charge on any atom is 0.161 e. The van der Waals surface area contributed by atoms with Gasteiger partial charge in [0.2, 0.25) is 0 Å². The lowest BCUT2D eigenvalue weighted by Crippen LogP contribution is -2.29. The zero-order valence-corrected chi connectivity index (χ0v) is 19.4. The van der Waals surface area contributed by atoms with Crippen LogP contribution in [0.2, 0.25) is 0 Å². The van der Waals surface area contributed by atoms with Crippen LogP contribution in [0.3, 0.4) is 0 Å². The van der Waals surface area contributed by atoms with Gasteiger partial charge in [-0.15, -0.1) is 0 Å². The van der Waals surface area contributed by atoms with Crippen LogP contribution in [0.4, 0.5) is 0 Å². The first-order chi connectivity index (χ1) is 12.4. The Morgan fingerprint density at radius 2 is 1.48 bits per heavy atom. The average Bonchev–Trinajstić information content (AvgIpc) is 2.54. The number of rotatable bonds is 11. The summed E-state index contributed by atoms with van der Waals surface area (Å²) in [5.74, 6) is 0.281. The van der Waals surface area contributed by atoms with Crippen molar-refractivity contribution in [2.45, 2.75) is 119 Å². The van der Waals surface area contributed by atoms with Crippen LogP contribution in [-0.2, 0) is 9.53 Å². The molecule has 0 aromatic carbocycles. The van der Waals surface area contributed by atoms with Gasteiger partial charge in [0, 0.05) is 12.0 Å². The number of unbranched alkanes of at least 4 members (excludes halogenated alkanes) is 6. The molecule has 1 saturated carbocycles. The molecule has 0 aromatic rings. The maximum absolute atomic E-state index is 11.9. The van der Waals surface area contributed by atoms with Crippen molar-refractivity contribution in [1.82, 2.24) is 0 Å². The Morgan fingerprint density at radius 1 is 0.926 bits per heavy atom. The Kier molecular flexibility index (Phi) is 9.58. The predicted molar refractivity (Wildman–Crippen MR) is 117 cm³/mol. The quantitative estimate of drug-likeness (QED) is 0.208. The van der Waals surface area contributed by atoms with Gasteiger partial charge in [-0.2, -0.15) is 0 Å². The molecule has 0 aliphatic heterocycles. The van der Waals surface area contributed by atoms with Crippen molar-refractivity contribution in [3.05, 3.63) is 11.8 Å². The average molecular weight is 379 g/mol. The first-order valence-electron chi connectivity index (χ1n) is 11.3. The van der Waals surface area contributed by atoms with Crippen LogP contribution in [0.5, 0.6) is 0 Å². The molecule has 1 rings (SSSR count). The zero-order chi connectivity index (χ0) is 20.6. The number of ketones is 1. The highest BCUT2D eigenvalue weighted by Crippen LogP contribution is 2.42. The molecule has 158 valence electrons. The Bertz CT molecular complexity index is 477. The minimum absolute atomic E-state index is 0.241. The van der Waals surface area contributed by atoms with Crippen molar-refractivity contribution in [1.29, 1.82) is 0 Å². The van der Waals surface area contributed by atoms with Crippen molar-refractivity contribution < 1.29 is 9.53 Å². The third-order valence-corrected chi connectivity index (χ3v) is 6.88. The van der Waals surface area contributed by atoms with Crippen molar-refractivity contribution in [2.75, 3.05) is 6.61 Å². The Morgan fingerprint density at radius 3 is 2.07 bits per heavy atom. The third kappa shape index (κ3) is 9.30. The van der Waals surface area contributed by atoms with Gasteiger partial charge in [-0.3, -0.25) is 4.79 Å². The second-order valence-electron chi connectivity index (χ2n) is 11.1. The molecule has 0 spiro atoms. The van der Waals surface area contributed by atoms with Crippen LogP contribution in [0.15, 0.2) is 11.8 Å². The largest absolute Gasteiger partial charge is 0.501 e. The van der Waals surface area contributed by atoms with E-state index < -0.39 is 0 Å². The molecule has 0 saturated heterocycles. The molecular formula is C25H46O2. The Labute approximate surface area is 169 Å². The second-order valence-corrected chi connectivity index (χ2v) is 11.1. The first-order valence-corrected chi connectivity index (χ1v) is 11.3. The van der Waals surface area contributed by atoms with Gasteiger partial charge in [0.1, 0.15) is 0 Å². The van der Waals surface area contributed by atoms with E-state index in [0.29, 0.717) is 17.3 Å². The van der Waals surface area contributed by atoms with Gasteiger partial charge in [0.25, 0.3) is 0 Å². The predicted octanol–water partition coefficient (Wildman–Crippen LogP) is 7.86. The van der Waals surface area contributed by atoms with Crippen molar-refractivity contribution in [2.24, 2.45) is 16.2 Å². The van der Waals surface area contributed by atoms with Gasteiger partial charge in [0.15, 0.2) is 5.78 Å². The highest BCUT2D eigenvalue weighted by Gasteiger charge is 2.31. The molecule has 0 radical (unpaired) electrons. The van der Waals surface area contributed by atoms with Gasteiger partial charge >= 0.3 is 0 Å². The van der Waals surface area contributed by atoms with E-state index in [-0.39, 0.29) is 11.2 Å². The van der Waals surface area contributed by atoms with Crippen LogP contribution in [0.1, 0.15) is 119 Å². The Balaban J connectivity index is 2.02. The summed E-state index contributed by atoms with van der Waals surface area (Å²) in [6, 6.07) is 0. The van der Waals surface area contributed by atoms with Gasteiger partial charge in [-0.05, 0) is 41.9 Å².